The Morgan fingerprint density at radius 2 is 1.93 bits per heavy atom. The Kier molecular flexibility index (Phi) is 3.11. The van der Waals surface area contributed by atoms with Crippen LogP contribution < -0.4 is 5.32 Å². The second-order valence-electron chi connectivity index (χ2n) is 4.84. The van der Waals surface area contributed by atoms with Gasteiger partial charge < -0.3 is 5.32 Å². The van der Waals surface area contributed by atoms with Crippen LogP contribution in [0.25, 0.3) is 0 Å². The first kappa shape index (κ1) is 10.7. The number of benzene rings is 1. The fraction of sp³-hybridized carbons (Fsp3) is 0.571. The summed E-state index contributed by atoms with van der Waals surface area (Å²) in [5, 5.41) is 3.63. The van der Waals surface area contributed by atoms with Gasteiger partial charge in [-0.1, -0.05) is 37.3 Å². The summed E-state index contributed by atoms with van der Waals surface area (Å²) in [5.41, 5.74) is 1.98. The van der Waals surface area contributed by atoms with Crippen molar-refractivity contribution in [2.45, 2.75) is 44.6 Å². The zero-order valence-corrected chi connectivity index (χ0v) is 9.79. The fourth-order valence-corrected chi connectivity index (χ4v) is 2.02. The van der Waals surface area contributed by atoms with Crippen LogP contribution in [0.1, 0.15) is 38.7 Å². The first-order valence-corrected chi connectivity index (χ1v) is 6.06. The van der Waals surface area contributed by atoms with Crippen molar-refractivity contribution in [2.24, 2.45) is 0 Å². The molecule has 1 aliphatic rings. The van der Waals surface area contributed by atoms with Gasteiger partial charge in [-0.2, -0.15) is 0 Å². The summed E-state index contributed by atoms with van der Waals surface area (Å²) in [4.78, 5) is 0. The molecular formula is C14H21N. The SMILES string of the molecule is CCC(C)NCC1(c2ccccc2)CC1. The van der Waals surface area contributed by atoms with E-state index in [1.54, 1.807) is 0 Å². The van der Waals surface area contributed by atoms with Gasteiger partial charge in [-0.15, -0.1) is 0 Å². The van der Waals surface area contributed by atoms with Crippen molar-refractivity contribution < 1.29 is 0 Å². The Bertz CT molecular complexity index is 300. The molecule has 1 aliphatic carbocycles. The van der Waals surface area contributed by atoms with Crippen LogP contribution in [-0.2, 0) is 5.41 Å². The van der Waals surface area contributed by atoms with Crippen molar-refractivity contribution >= 4 is 0 Å². The van der Waals surface area contributed by atoms with Crippen LogP contribution in [0, 0.1) is 0 Å². The average molecular weight is 203 g/mol. The van der Waals surface area contributed by atoms with Crippen LogP contribution in [0.2, 0.25) is 0 Å². The first-order chi connectivity index (χ1) is 7.27. The lowest BCUT2D eigenvalue weighted by Crippen LogP contribution is -2.33. The normalized spacial score (nSPS) is 19.9. The van der Waals surface area contributed by atoms with E-state index < -0.39 is 0 Å². The quantitative estimate of drug-likeness (QED) is 0.775. The highest BCUT2D eigenvalue weighted by Gasteiger charge is 2.43. The largest absolute Gasteiger partial charge is 0.313 e. The second kappa shape index (κ2) is 4.36. The van der Waals surface area contributed by atoms with Gasteiger partial charge in [-0.25, -0.2) is 0 Å². The van der Waals surface area contributed by atoms with Gasteiger partial charge in [0.1, 0.15) is 0 Å². The van der Waals surface area contributed by atoms with Gasteiger partial charge in [0.05, 0.1) is 0 Å². The molecule has 0 radical (unpaired) electrons. The molecule has 0 aliphatic heterocycles. The summed E-state index contributed by atoms with van der Waals surface area (Å²) in [6.07, 6.45) is 3.91. The lowest BCUT2D eigenvalue weighted by atomic mass is 9.95. The number of nitrogens with one attached hydrogen (secondary N) is 1. The molecule has 1 heteroatoms. The van der Waals surface area contributed by atoms with E-state index in [4.69, 9.17) is 0 Å². The number of hydrogen-bond donors (Lipinski definition) is 1. The molecule has 1 saturated carbocycles. The third-order valence-electron chi connectivity index (χ3n) is 3.64. The summed E-state index contributed by atoms with van der Waals surface area (Å²) in [6.45, 7) is 5.65. The predicted octanol–water partition coefficient (Wildman–Crippen LogP) is 3.11. The molecular weight excluding hydrogens is 182 g/mol. The Morgan fingerprint density at radius 3 is 2.47 bits per heavy atom. The molecule has 1 aromatic carbocycles. The van der Waals surface area contributed by atoms with Crippen molar-refractivity contribution in [3.63, 3.8) is 0 Å². The molecule has 0 aromatic heterocycles. The van der Waals surface area contributed by atoms with E-state index in [1.165, 1.54) is 24.8 Å². The minimum atomic E-state index is 0.463. The standard InChI is InChI=1S/C14H21N/c1-3-12(2)15-11-14(9-10-14)13-7-5-4-6-8-13/h4-8,12,15H,3,9-11H2,1-2H3. The molecule has 15 heavy (non-hydrogen) atoms. The van der Waals surface area contributed by atoms with Gasteiger partial charge in [0.25, 0.3) is 0 Å². The fourth-order valence-electron chi connectivity index (χ4n) is 2.02. The zero-order chi connectivity index (χ0) is 10.7. The topological polar surface area (TPSA) is 12.0 Å². The van der Waals surface area contributed by atoms with E-state index in [9.17, 15) is 0 Å². The Hall–Kier alpha value is -0.820. The van der Waals surface area contributed by atoms with Crippen LogP contribution >= 0.6 is 0 Å². The Labute approximate surface area is 92.9 Å². The van der Waals surface area contributed by atoms with E-state index in [0.29, 0.717) is 11.5 Å². The van der Waals surface area contributed by atoms with Crippen LogP contribution in [-0.4, -0.2) is 12.6 Å². The summed E-state index contributed by atoms with van der Waals surface area (Å²) >= 11 is 0. The maximum atomic E-state index is 3.63. The minimum absolute atomic E-state index is 0.463. The molecule has 1 aromatic rings. The van der Waals surface area contributed by atoms with Crippen LogP contribution in [0.15, 0.2) is 30.3 Å². The van der Waals surface area contributed by atoms with Gasteiger partial charge in [0.2, 0.25) is 0 Å². The van der Waals surface area contributed by atoms with Crippen molar-refractivity contribution in [3.05, 3.63) is 35.9 Å². The van der Waals surface area contributed by atoms with Crippen molar-refractivity contribution in [1.29, 1.82) is 0 Å². The van der Waals surface area contributed by atoms with E-state index in [2.05, 4.69) is 49.5 Å². The highest BCUT2D eigenvalue weighted by atomic mass is 14.9. The maximum absolute atomic E-state index is 3.63. The molecule has 1 N–H and O–H groups in total. The van der Waals surface area contributed by atoms with Crippen molar-refractivity contribution in [3.8, 4) is 0 Å². The van der Waals surface area contributed by atoms with Gasteiger partial charge in [0, 0.05) is 18.0 Å². The molecule has 1 nitrogen and oxygen atoms in total. The number of rotatable bonds is 5. The first-order valence-electron chi connectivity index (χ1n) is 6.06. The second-order valence-corrected chi connectivity index (χ2v) is 4.84. The average Bonchev–Trinajstić information content (AvgIpc) is 3.08. The summed E-state index contributed by atoms with van der Waals surface area (Å²) in [5.74, 6) is 0. The molecule has 0 heterocycles. The van der Waals surface area contributed by atoms with E-state index >= 15 is 0 Å². The van der Waals surface area contributed by atoms with Crippen molar-refractivity contribution in [1.82, 2.24) is 5.32 Å². The van der Waals surface area contributed by atoms with Crippen LogP contribution in [0.4, 0.5) is 0 Å². The lowest BCUT2D eigenvalue weighted by molar-refractivity contribution is 0.487. The molecule has 82 valence electrons. The zero-order valence-electron chi connectivity index (χ0n) is 9.79. The van der Waals surface area contributed by atoms with Gasteiger partial charge in [-0.05, 0) is 31.7 Å². The summed E-state index contributed by atoms with van der Waals surface area (Å²) in [6, 6.07) is 11.6. The molecule has 1 unspecified atom stereocenters. The Balaban J connectivity index is 1.97. The third-order valence-corrected chi connectivity index (χ3v) is 3.64. The van der Waals surface area contributed by atoms with Crippen LogP contribution in [0.3, 0.4) is 0 Å². The molecule has 1 atom stereocenters. The molecule has 0 amide bonds. The molecule has 0 spiro atoms. The smallest absolute Gasteiger partial charge is 0.00785 e. The molecule has 1 fully saturated rings. The van der Waals surface area contributed by atoms with E-state index in [0.717, 1.165) is 6.54 Å². The highest BCUT2D eigenvalue weighted by molar-refractivity contribution is 5.31. The molecule has 0 bridgehead atoms. The molecule has 2 rings (SSSR count). The Morgan fingerprint density at radius 1 is 1.27 bits per heavy atom. The monoisotopic (exact) mass is 203 g/mol. The van der Waals surface area contributed by atoms with Gasteiger partial charge >= 0.3 is 0 Å². The van der Waals surface area contributed by atoms with E-state index in [1.807, 2.05) is 0 Å². The van der Waals surface area contributed by atoms with E-state index in [-0.39, 0.29) is 0 Å². The third kappa shape index (κ3) is 2.40. The summed E-state index contributed by atoms with van der Waals surface area (Å²) in [7, 11) is 0. The molecule has 0 saturated heterocycles. The van der Waals surface area contributed by atoms with Crippen LogP contribution in [0.5, 0.6) is 0 Å². The van der Waals surface area contributed by atoms with Gasteiger partial charge in [-0.3, -0.25) is 0 Å². The predicted molar refractivity (Wildman–Crippen MR) is 65.1 cm³/mol. The minimum Gasteiger partial charge on any atom is -0.313 e. The summed E-state index contributed by atoms with van der Waals surface area (Å²) < 4.78 is 0. The highest BCUT2D eigenvalue weighted by Crippen LogP contribution is 2.47. The van der Waals surface area contributed by atoms with Crippen molar-refractivity contribution in [2.75, 3.05) is 6.54 Å². The van der Waals surface area contributed by atoms with Gasteiger partial charge in [0.15, 0.2) is 0 Å². The maximum Gasteiger partial charge on any atom is 0.00785 e. The number of hydrogen-bond acceptors (Lipinski definition) is 1. The lowest BCUT2D eigenvalue weighted by Gasteiger charge is -2.19.